The van der Waals surface area contributed by atoms with Crippen LogP contribution in [0, 0.1) is 17.8 Å². The van der Waals surface area contributed by atoms with Crippen molar-refractivity contribution in [1.82, 2.24) is 0 Å². The number of ketones is 2. The Kier molecular flexibility index (Phi) is 23.7. The molecule has 4 atom stereocenters. The van der Waals surface area contributed by atoms with Gasteiger partial charge in [0.2, 0.25) is 0 Å². The van der Waals surface area contributed by atoms with Crippen molar-refractivity contribution in [2.24, 2.45) is 17.8 Å². The molecule has 3 N–H and O–H groups in total. The van der Waals surface area contributed by atoms with E-state index in [2.05, 4.69) is 19.9 Å². The van der Waals surface area contributed by atoms with Gasteiger partial charge in [-0.2, -0.15) is 0 Å². The second-order valence-corrected chi connectivity index (χ2v) is 12.6. The van der Waals surface area contributed by atoms with E-state index in [-0.39, 0.29) is 42.2 Å². The van der Waals surface area contributed by atoms with Crippen LogP contribution in [0.5, 0.6) is 0 Å². The van der Waals surface area contributed by atoms with Crippen LogP contribution >= 0.6 is 0 Å². The number of carboxylic acids is 2. The molecule has 0 radical (unpaired) electrons. The Morgan fingerprint density at radius 2 is 1.47 bits per heavy atom. The summed E-state index contributed by atoms with van der Waals surface area (Å²) in [6, 6.07) is 0. The van der Waals surface area contributed by atoms with Gasteiger partial charge >= 0.3 is 11.9 Å². The predicted molar refractivity (Wildman–Crippen MR) is 190 cm³/mol. The van der Waals surface area contributed by atoms with Gasteiger partial charge in [0.1, 0.15) is 0 Å². The van der Waals surface area contributed by atoms with E-state index in [4.69, 9.17) is 10.2 Å². The first kappa shape index (κ1) is 41.7. The molecule has 0 aromatic heterocycles. The summed E-state index contributed by atoms with van der Waals surface area (Å²) in [5.74, 6) is -0.978. The summed E-state index contributed by atoms with van der Waals surface area (Å²) in [5, 5.41) is 27.1. The molecular weight excluding hydrogens is 592 g/mol. The maximum absolute atomic E-state index is 12.0. The number of aliphatic carboxylic acids is 2. The van der Waals surface area contributed by atoms with Crippen molar-refractivity contribution in [3.8, 4) is 0 Å². The average Bonchev–Trinajstić information content (AvgIpc) is 3.57. The maximum atomic E-state index is 12.0. The fraction of sp³-hybridized carbons (Fsp3) is 0.600. The van der Waals surface area contributed by atoms with Crippen molar-refractivity contribution in [2.75, 3.05) is 0 Å². The van der Waals surface area contributed by atoms with Crippen LogP contribution < -0.4 is 0 Å². The Labute approximate surface area is 283 Å². The summed E-state index contributed by atoms with van der Waals surface area (Å²) >= 11 is 0. The predicted octanol–water partition coefficient (Wildman–Crippen LogP) is 9.29. The number of carbonyl (C=O) groups excluding carboxylic acids is 2. The van der Waals surface area contributed by atoms with Gasteiger partial charge in [-0.15, -0.1) is 0 Å². The number of allylic oxidation sites excluding steroid dienone is 11. The van der Waals surface area contributed by atoms with Crippen LogP contribution in [0.2, 0.25) is 0 Å². The first-order chi connectivity index (χ1) is 22.7. The third-order valence-electron chi connectivity index (χ3n) is 8.50. The lowest BCUT2D eigenvalue weighted by atomic mass is 9.88. The van der Waals surface area contributed by atoms with Crippen molar-refractivity contribution in [3.05, 3.63) is 72.4 Å². The molecule has 2 unspecified atom stereocenters. The Bertz CT molecular complexity index is 1110. The number of rotatable bonds is 24. The normalized spacial score (nSPS) is 20.7. The van der Waals surface area contributed by atoms with Gasteiger partial charge in [-0.05, 0) is 63.5 Å². The fourth-order valence-corrected chi connectivity index (χ4v) is 5.65. The lowest BCUT2D eigenvalue weighted by Crippen LogP contribution is -2.15. The van der Waals surface area contributed by atoms with Crippen LogP contribution in [0.3, 0.4) is 0 Å². The van der Waals surface area contributed by atoms with Crippen molar-refractivity contribution in [1.29, 1.82) is 0 Å². The van der Waals surface area contributed by atoms with Gasteiger partial charge in [-0.25, -0.2) is 0 Å². The maximum Gasteiger partial charge on any atom is 0.303 e. The van der Waals surface area contributed by atoms with Crippen LogP contribution in [-0.4, -0.2) is 44.9 Å². The Morgan fingerprint density at radius 3 is 2.19 bits per heavy atom. The van der Waals surface area contributed by atoms with E-state index in [1.54, 1.807) is 12.2 Å². The standard InChI is InChI=1S/C20H32O4.C20H28O3/c1-2-3-6-9-17(21)14-12-16-13-15-19(22)18(16)10-7-4-5-8-11-20(23)24;1-2-3-4-5-6-10-13-18-17(15-16-19(18)21)12-9-7-8-11-14-20(22)23/h12-18,21H,2-11H2,1H3,(H,23,24);6-7,9-10,13,15-17H,2-5,8,11-12,14H2,1H3,(H,22,23)/b14-12+;9-7+,10-6+,18-13+/t16-,17-,18?;/m0./s1. The van der Waals surface area contributed by atoms with Crippen LogP contribution in [0.15, 0.2) is 72.4 Å². The highest BCUT2D eigenvalue weighted by Crippen LogP contribution is 2.29. The van der Waals surface area contributed by atoms with Crippen LogP contribution in [-0.2, 0) is 19.2 Å². The minimum atomic E-state index is -0.751. The third kappa shape index (κ3) is 20.5. The molecule has 7 nitrogen and oxygen atoms in total. The topological polar surface area (TPSA) is 129 Å². The summed E-state index contributed by atoms with van der Waals surface area (Å²) in [6.45, 7) is 4.33. The van der Waals surface area contributed by atoms with Crippen LogP contribution in [0.4, 0.5) is 0 Å². The number of hydrogen-bond acceptors (Lipinski definition) is 5. The molecule has 2 aliphatic rings. The Morgan fingerprint density at radius 1 is 0.787 bits per heavy atom. The summed E-state index contributed by atoms with van der Waals surface area (Å²) in [7, 11) is 0. The van der Waals surface area contributed by atoms with Gasteiger partial charge in [-0.1, -0.05) is 120 Å². The molecule has 2 rings (SSSR count). The average molecular weight is 653 g/mol. The first-order valence-corrected chi connectivity index (χ1v) is 18.0. The summed E-state index contributed by atoms with van der Waals surface area (Å²) in [5.41, 5.74) is 0.854. The van der Waals surface area contributed by atoms with Crippen LogP contribution in [0.1, 0.15) is 129 Å². The largest absolute Gasteiger partial charge is 0.481 e. The van der Waals surface area contributed by atoms with E-state index in [1.165, 1.54) is 19.3 Å². The number of hydrogen-bond donors (Lipinski definition) is 3. The molecule has 0 spiro atoms. The first-order valence-electron chi connectivity index (χ1n) is 18.0. The van der Waals surface area contributed by atoms with E-state index >= 15 is 0 Å². The fourth-order valence-electron chi connectivity index (χ4n) is 5.65. The highest BCUT2D eigenvalue weighted by atomic mass is 16.4. The van der Waals surface area contributed by atoms with E-state index in [1.807, 2.05) is 48.6 Å². The van der Waals surface area contributed by atoms with Gasteiger partial charge in [-0.3, -0.25) is 19.2 Å². The summed E-state index contributed by atoms with van der Waals surface area (Å²) < 4.78 is 0. The minimum Gasteiger partial charge on any atom is -0.481 e. The monoisotopic (exact) mass is 652 g/mol. The van der Waals surface area contributed by atoms with Crippen molar-refractivity contribution < 1.29 is 34.5 Å². The molecule has 0 bridgehead atoms. The number of carbonyl (C=O) groups is 4. The summed E-state index contributed by atoms with van der Waals surface area (Å²) in [4.78, 5) is 44.7. The molecule has 0 aromatic carbocycles. The van der Waals surface area contributed by atoms with Gasteiger partial charge in [0.25, 0.3) is 0 Å². The molecule has 47 heavy (non-hydrogen) atoms. The van der Waals surface area contributed by atoms with E-state index in [0.29, 0.717) is 12.8 Å². The highest BCUT2D eigenvalue weighted by Gasteiger charge is 2.27. The number of aliphatic hydroxyl groups is 1. The molecule has 0 saturated heterocycles. The molecule has 2 aliphatic carbocycles. The highest BCUT2D eigenvalue weighted by molar-refractivity contribution is 6.07. The Balaban J connectivity index is 0.000000470. The van der Waals surface area contributed by atoms with E-state index < -0.39 is 18.0 Å². The molecule has 0 aliphatic heterocycles. The second kappa shape index (κ2) is 26.7. The number of aliphatic hydroxyl groups excluding tert-OH is 1. The molecule has 0 aromatic rings. The molecule has 0 saturated carbocycles. The van der Waals surface area contributed by atoms with Gasteiger partial charge in [0, 0.05) is 36.2 Å². The van der Waals surface area contributed by atoms with Gasteiger partial charge in [0.15, 0.2) is 11.6 Å². The van der Waals surface area contributed by atoms with E-state index in [0.717, 1.165) is 76.2 Å². The number of unbranched alkanes of at least 4 members (excludes halogenated alkanes) is 9. The minimum absolute atomic E-state index is 0.0106. The summed E-state index contributed by atoms with van der Waals surface area (Å²) in [6.07, 6.45) is 36.6. The molecule has 7 heteroatoms. The molecule has 0 amide bonds. The third-order valence-corrected chi connectivity index (χ3v) is 8.50. The van der Waals surface area contributed by atoms with Crippen LogP contribution in [0.25, 0.3) is 0 Å². The zero-order valence-electron chi connectivity index (χ0n) is 28.9. The molecular formula is C40H60O7. The molecule has 262 valence electrons. The molecule has 0 fully saturated rings. The van der Waals surface area contributed by atoms with E-state index in [9.17, 15) is 24.3 Å². The quantitative estimate of drug-likeness (QED) is 0.0538. The lowest BCUT2D eigenvalue weighted by molar-refractivity contribution is -0.138. The molecule has 0 heterocycles. The zero-order valence-corrected chi connectivity index (χ0v) is 28.9. The lowest BCUT2D eigenvalue weighted by Gasteiger charge is -2.15. The van der Waals surface area contributed by atoms with Crippen molar-refractivity contribution >= 4 is 23.5 Å². The number of carboxylic acid groups (broad SMARTS) is 2. The second-order valence-electron chi connectivity index (χ2n) is 12.6. The van der Waals surface area contributed by atoms with Crippen molar-refractivity contribution in [3.63, 3.8) is 0 Å². The van der Waals surface area contributed by atoms with Gasteiger partial charge in [0.05, 0.1) is 6.10 Å². The van der Waals surface area contributed by atoms with Gasteiger partial charge < -0.3 is 15.3 Å². The van der Waals surface area contributed by atoms with Crippen molar-refractivity contribution in [2.45, 2.75) is 136 Å². The Hall–Kier alpha value is -3.32. The smallest absolute Gasteiger partial charge is 0.303 e. The SMILES string of the molecule is CCCCC/C=C/C=C1/C(=O)C=CC1C/C=C/CCCC(=O)O.CCCCC[C@H](O)/C=C/[C@H]1C=CC(=O)C1CCCCCCC(=O)O. The zero-order chi connectivity index (χ0) is 34.7.